The van der Waals surface area contributed by atoms with Gasteiger partial charge in [-0.2, -0.15) is 18.3 Å². The van der Waals surface area contributed by atoms with Crippen molar-refractivity contribution < 1.29 is 27.4 Å². The Morgan fingerprint density at radius 2 is 2.00 bits per heavy atom. The lowest BCUT2D eigenvalue weighted by Crippen LogP contribution is -2.24. The molecule has 10 heteroatoms. The van der Waals surface area contributed by atoms with Gasteiger partial charge in [0.15, 0.2) is 5.82 Å². The lowest BCUT2D eigenvalue weighted by Gasteiger charge is -2.25. The SMILES string of the molecule is COc1cccc(C2CC(=O)Nc3n[nH]cc32)c1COc1ccc(Cl)cc1C(F)(F)F. The van der Waals surface area contributed by atoms with E-state index in [0.717, 1.165) is 11.6 Å². The van der Waals surface area contributed by atoms with Crippen LogP contribution in [0.15, 0.2) is 42.6 Å². The number of rotatable bonds is 5. The number of benzene rings is 2. The summed E-state index contributed by atoms with van der Waals surface area (Å²) in [6.45, 7) is -0.199. The molecule has 1 aliphatic rings. The normalized spacial score (nSPS) is 15.9. The number of ether oxygens (including phenoxy) is 2. The number of methoxy groups -OCH3 is 1. The number of carbonyl (C=O) groups is 1. The molecule has 31 heavy (non-hydrogen) atoms. The molecule has 2 aromatic carbocycles. The molecule has 0 aliphatic carbocycles. The number of nitrogens with one attached hydrogen (secondary N) is 2. The van der Waals surface area contributed by atoms with Crippen molar-refractivity contribution >= 4 is 23.3 Å². The second-order valence-corrected chi connectivity index (χ2v) is 7.39. The first-order valence-corrected chi connectivity index (χ1v) is 9.64. The lowest BCUT2D eigenvalue weighted by molar-refractivity contribution is -0.139. The fraction of sp³-hybridized carbons (Fsp3) is 0.238. The second kappa shape index (κ2) is 8.14. The molecule has 0 saturated carbocycles. The number of nitrogens with zero attached hydrogens (tertiary/aromatic N) is 1. The van der Waals surface area contributed by atoms with Crippen molar-refractivity contribution in [2.24, 2.45) is 0 Å². The van der Waals surface area contributed by atoms with E-state index in [0.29, 0.717) is 22.7 Å². The number of aromatic amines is 1. The molecular weight excluding hydrogens is 435 g/mol. The van der Waals surface area contributed by atoms with Crippen LogP contribution in [0.4, 0.5) is 19.0 Å². The average Bonchev–Trinajstić information content (AvgIpc) is 3.19. The second-order valence-electron chi connectivity index (χ2n) is 6.95. The highest BCUT2D eigenvalue weighted by atomic mass is 35.5. The molecule has 162 valence electrons. The average molecular weight is 452 g/mol. The van der Waals surface area contributed by atoms with Crippen LogP contribution in [0.3, 0.4) is 0 Å². The van der Waals surface area contributed by atoms with Crippen molar-refractivity contribution in [1.29, 1.82) is 0 Å². The largest absolute Gasteiger partial charge is 0.496 e. The van der Waals surface area contributed by atoms with Crippen LogP contribution in [-0.2, 0) is 17.6 Å². The van der Waals surface area contributed by atoms with Gasteiger partial charge >= 0.3 is 6.18 Å². The van der Waals surface area contributed by atoms with Crippen molar-refractivity contribution in [3.8, 4) is 11.5 Å². The summed E-state index contributed by atoms with van der Waals surface area (Å²) in [6, 6.07) is 8.58. The molecule has 0 saturated heterocycles. The van der Waals surface area contributed by atoms with Crippen LogP contribution in [0.5, 0.6) is 11.5 Å². The number of H-pyrrole nitrogens is 1. The third-order valence-corrected chi connectivity index (χ3v) is 5.31. The Bertz CT molecular complexity index is 1130. The summed E-state index contributed by atoms with van der Waals surface area (Å²) in [5.41, 5.74) is 1.06. The first-order valence-electron chi connectivity index (χ1n) is 9.26. The predicted molar refractivity (Wildman–Crippen MR) is 107 cm³/mol. The van der Waals surface area contributed by atoms with Crippen molar-refractivity contribution in [1.82, 2.24) is 10.2 Å². The van der Waals surface area contributed by atoms with Crippen LogP contribution < -0.4 is 14.8 Å². The standard InChI is InChI=1S/C21H17ClF3N3O3/c1-30-17-4-2-3-12(13-8-19(29)27-20-14(13)9-26-28-20)15(17)10-31-18-6-5-11(22)7-16(18)21(23,24)25/h2-7,9,13H,8,10H2,1H3,(H2,26,27,28,29). The van der Waals surface area contributed by atoms with E-state index >= 15 is 0 Å². The third kappa shape index (κ3) is 4.18. The first-order chi connectivity index (χ1) is 14.8. The summed E-state index contributed by atoms with van der Waals surface area (Å²) in [5, 5.41) is 9.42. The zero-order valence-electron chi connectivity index (χ0n) is 16.2. The van der Waals surface area contributed by atoms with Gasteiger partial charge < -0.3 is 14.8 Å². The van der Waals surface area contributed by atoms with Gasteiger partial charge in [0.2, 0.25) is 5.91 Å². The van der Waals surface area contributed by atoms with Gasteiger partial charge in [0.05, 0.1) is 12.7 Å². The zero-order valence-corrected chi connectivity index (χ0v) is 17.0. The number of aromatic nitrogens is 2. The number of carbonyl (C=O) groups excluding carboxylic acids is 1. The summed E-state index contributed by atoms with van der Waals surface area (Å²) < 4.78 is 51.3. The molecule has 1 aliphatic heterocycles. The van der Waals surface area contributed by atoms with E-state index in [2.05, 4.69) is 15.5 Å². The fourth-order valence-corrected chi connectivity index (χ4v) is 3.85. The molecule has 0 fully saturated rings. The number of hydrogen-bond acceptors (Lipinski definition) is 4. The maximum atomic E-state index is 13.4. The molecule has 0 bridgehead atoms. The van der Waals surface area contributed by atoms with Crippen molar-refractivity contribution in [2.75, 3.05) is 12.4 Å². The van der Waals surface area contributed by atoms with Gasteiger partial charge in [-0.1, -0.05) is 23.7 Å². The van der Waals surface area contributed by atoms with Gasteiger partial charge in [-0.25, -0.2) is 0 Å². The van der Waals surface area contributed by atoms with E-state index in [1.54, 1.807) is 24.4 Å². The van der Waals surface area contributed by atoms with Gasteiger partial charge in [-0.15, -0.1) is 0 Å². The Morgan fingerprint density at radius 1 is 1.19 bits per heavy atom. The van der Waals surface area contributed by atoms with E-state index < -0.39 is 11.7 Å². The molecule has 0 radical (unpaired) electrons. The highest BCUT2D eigenvalue weighted by Gasteiger charge is 2.35. The Hall–Kier alpha value is -3.20. The fourth-order valence-electron chi connectivity index (χ4n) is 3.68. The highest BCUT2D eigenvalue weighted by Crippen LogP contribution is 2.41. The van der Waals surface area contributed by atoms with Crippen LogP contribution >= 0.6 is 11.6 Å². The van der Waals surface area contributed by atoms with E-state index in [1.807, 2.05) is 0 Å². The number of amides is 1. The van der Waals surface area contributed by atoms with Crippen LogP contribution in [0.1, 0.15) is 34.6 Å². The molecule has 3 aromatic rings. The minimum absolute atomic E-state index is 0.0432. The van der Waals surface area contributed by atoms with Crippen molar-refractivity contribution in [3.05, 3.63) is 69.9 Å². The van der Waals surface area contributed by atoms with E-state index in [4.69, 9.17) is 21.1 Å². The van der Waals surface area contributed by atoms with Gasteiger partial charge in [0.25, 0.3) is 0 Å². The topological polar surface area (TPSA) is 76.2 Å². The maximum absolute atomic E-state index is 13.4. The summed E-state index contributed by atoms with van der Waals surface area (Å²) in [6.07, 6.45) is -2.79. The van der Waals surface area contributed by atoms with Crippen LogP contribution in [0.2, 0.25) is 5.02 Å². The Kier molecular flexibility index (Phi) is 5.53. The predicted octanol–water partition coefficient (Wildman–Crippen LogP) is 5.14. The molecule has 1 aromatic heterocycles. The van der Waals surface area contributed by atoms with Gasteiger partial charge in [-0.3, -0.25) is 9.89 Å². The summed E-state index contributed by atoms with van der Waals surface area (Å²) in [5.74, 6) is -0.0527. The highest BCUT2D eigenvalue weighted by molar-refractivity contribution is 6.30. The van der Waals surface area contributed by atoms with E-state index in [1.165, 1.54) is 19.2 Å². The molecule has 2 N–H and O–H groups in total. The number of halogens is 4. The zero-order chi connectivity index (χ0) is 22.2. The monoisotopic (exact) mass is 451 g/mol. The summed E-state index contributed by atoms with van der Waals surface area (Å²) in [7, 11) is 1.46. The molecule has 1 amide bonds. The first kappa shape index (κ1) is 21.0. The smallest absolute Gasteiger partial charge is 0.420 e. The van der Waals surface area contributed by atoms with Gasteiger partial charge in [0.1, 0.15) is 18.1 Å². The van der Waals surface area contributed by atoms with Crippen molar-refractivity contribution in [3.63, 3.8) is 0 Å². The molecule has 1 atom stereocenters. The van der Waals surface area contributed by atoms with Crippen LogP contribution in [0.25, 0.3) is 0 Å². The quantitative estimate of drug-likeness (QED) is 0.563. The molecule has 6 nitrogen and oxygen atoms in total. The number of hydrogen-bond donors (Lipinski definition) is 2. The molecular formula is C21H17ClF3N3O3. The molecule has 2 heterocycles. The van der Waals surface area contributed by atoms with Gasteiger partial charge in [-0.05, 0) is 29.8 Å². The maximum Gasteiger partial charge on any atom is 0.420 e. The van der Waals surface area contributed by atoms with E-state index in [-0.39, 0.29) is 35.6 Å². The Balaban J connectivity index is 1.72. The Labute approximate surface area is 180 Å². The Morgan fingerprint density at radius 3 is 2.74 bits per heavy atom. The minimum atomic E-state index is -4.63. The molecule has 4 rings (SSSR count). The molecule has 1 unspecified atom stereocenters. The number of alkyl halides is 3. The third-order valence-electron chi connectivity index (χ3n) is 5.08. The van der Waals surface area contributed by atoms with E-state index in [9.17, 15) is 18.0 Å². The van der Waals surface area contributed by atoms with Crippen LogP contribution in [0, 0.1) is 0 Å². The summed E-state index contributed by atoms with van der Waals surface area (Å²) in [4.78, 5) is 12.2. The molecule has 0 spiro atoms. The van der Waals surface area contributed by atoms with Gasteiger partial charge in [0, 0.05) is 34.7 Å². The lowest BCUT2D eigenvalue weighted by atomic mass is 9.84. The van der Waals surface area contributed by atoms with Crippen LogP contribution in [-0.4, -0.2) is 23.2 Å². The number of anilines is 1. The summed E-state index contributed by atoms with van der Waals surface area (Å²) >= 11 is 5.74. The number of fused-ring (bicyclic) bond motifs is 1. The van der Waals surface area contributed by atoms with Crippen molar-refractivity contribution in [2.45, 2.75) is 25.1 Å². The minimum Gasteiger partial charge on any atom is -0.496 e.